The summed E-state index contributed by atoms with van der Waals surface area (Å²) in [5.74, 6) is 0. The van der Waals surface area contributed by atoms with Gasteiger partial charge in [-0.1, -0.05) is 6.42 Å². The first-order chi connectivity index (χ1) is 6.29. The molecule has 0 aromatic heterocycles. The van der Waals surface area contributed by atoms with Gasteiger partial charge in [0.25, 0.3) is 0 Å². The van der Waals surface area contributed by atoms with E-state index in [2.05, 4.69) is 11.9 Å². The van der Waals surface area contributed by atoms with Crippen molar-refractivity contribution in [2.75, 3.05) is 20.3 Å². The second kappa shape index (κ2) is 3.95. The van der Waals surface area contributed by atoms with Crippen LogP contribution in [0.5, 0.6) is 0 Å². The molecule has 2 N–H and O–H groups in total. The molecule has 2 fully saturated rings. The summed E-state index contributed by atoms with van der Waals surface area (Å²) in [6.07, 6.45) is 5.10. The minimum Gasteiger partial charge on any atom is -0.380 e. The maximum atomic E-state index is 6.07. The van der Waals surface area contributed by atoms with Crippen LogP contribution in [0.15, 0.2) is 0 Å². The zero-order chi connectivity index (χ0) is 9.26. The zero-order valence-electron chi connectivity index (χ0n) is 8.41. The predicted octanol–water partition coefficient (Wildman–Crippen LogP) is 0.587. The highest BCUT2D eigenvalue weighted by atomic mass is 16.5. The van der Waals surface area contributed by atoms with E-state index < -0.39 is 0 Å². The van der Waals surface area contributed by atoms with E-state index in [0.717, 1.165) is 25.7 Å². The Labute approximate surface area is 80.2 Å². The first-order valence-electron chi connectivity index (χ1n) is 5.34. The van der Waals surface area contributed by atoms with E-state index in [4.69, 9.17) is 10.5 Å². The van der Waals surface area contributed by atoms with Crippen molar-refractivity contribution in [3.63, 3.8) is 0 Å². The Morgan fingerprint density at radius 3 is 2.62 bits per heavy atom. The van der Waals surface area contributed by atoms with E-state index in [1.54, 1.807) is 0 Å². The van der Waals surface area contributed by atoms with Gasteiger partial charge in [-0.2, -0.15) is 0 Å². The third-order valence-electron chi connectivity index (χ3n) is 3.55. The summed E-state index contributed by atoms with van der Waals surface area (Å²) in [7, 11) is 2.20. The van der Waals surface area contributed by atoms with Gasteiger partial charge in [-0.25, -0.2) is 0 Å². The fourth-order valence-corrected chi connectivity index (χ4v) is 2.22. The quantitative estimate of drug-likeness (QED) is 0.682. The van der Waals surface area contributed by atoms with E-state index in [1.165, 1.54) is 19.3 Å². The maximum Gasteiger partial charge on any atom is 0.0636 e. The molecule has 0 aromatic rings. The standard InChI is InChI=1S/C10H20N2O/c1-12(8-3-2-4-8)10-7-13-6-5-9(10)11/h8-10H,2-7,11H2,1H3. The molecule has 2 aliphatic rings. The van der Waals surface area contributed by atoms with Gasteiger partial charge in [0, 0.05) is 24.7 Å². The molecule has 2 atom stereocenters. The van der Waals surface area contributed by atoms with Crippen molar-refractivity contribution in [3.05, 3.63) is 0 Å². The van der Waals surface area contributed by atoms with Gasteiger partial charge < -0.3 is 10.5 Å². The second-order valence-electron chi connectivity index (χ2n) is 4.34. The van der Waals surface area contributed by atoms with Crippen LogP contribution in [-0.4, -0.2) is 43.3 Å². The lowest BCUT2D eigenvalue weighted by atomic mass is 9.89. The molecule has 0 bridgehead atoms. The third-order valence-corrected chi connectivity index (χ3v) is 3.55. The molecule has 2 unspecified atom stereocenters. The van der Waals surface area contributed by atoms with E-state index >= 15 is 0 Å². The molecule has 3 nitrogen and oxygen atoms in total. The van der Waals surface area contributed by atoms with Crippen molar-refractivity contribution in [3.8, 4) is 0 Å². The first kappa shape index (κ1) is 9.44. The molecule has 1 heterocycles. The van der Waals surface area contributed by atoms with E-state index in [-0.39, 0.29) is 0 Å². The van der Waals surface area contributed by atoms with Crippen LogP contribution in [0.1, 0.15) is 25.7 Å². The molecule has 1 saturated carbocycles. The molecule has 13 heavy (non-hydrogen) atoms. The Morgan fingerprint density at radius 2 is 2.08 bits per heavy atom. The molecular weight excluding hydrogens is 164 g/mol. The minimum absolute atomic E-state index is 0.319. The second-order valence-corrected chi connectivity index (χ2v) is 4.34. The number of likely N-dealkylation sites (N-methyl/N-ethyl adjacent to an activating group) is 1. The fraction of sp³-hybridized carbons (Fsp3) is 1.00. The van der Waals surface area contributed by atoms with Crippen LogP contribution in [0, 0.1) is 0 Å². The van der Waals surface area contributed by atoms with Gasteiger partial charge >= 0.3 is 0 Å². The van der Waals surface area contributed by atoms with Crippen molar-refractivity contribution in [1.82, 2.24) is 4.90 Å². The molecule has 3 heteroatoms. The molecular formula is C10H20N2O. The van der Waals surface area contributed by atoms with Crippen LogP contribution in [0.3, 0.4) is 0 Å². The van der Waals surface area contributed by atoms with Gasteiger partial charge in [-0.05, 0) is 26.3 Å². The van der Waals surface area contributed by atoms with Gasteiger partial charge in [-0.15, -0.1) is 0 Å². The number of hydrogen-bond acceptors (Lipinski definition) is 3. The third kappa shape index (κ3) is 1.87. The highest BCUT2D eigenvalue weighted by Crippen LogP contribution is 2.26. The summed E-state index contributed by atoms with van der Waals surface area (Å²) in [6, 6.07) is 1.55. The molecule has 1 saturated heterocycles. The number of nitrogens with two attached hydrogens (primary N) is 1. The number of nitrogens with zero attached hydrogens (tertiary/aromatic N) is 1. The topological polar surface area (TPSA) is 38.5 Å². The summed E-state index contributed by atoms with van der Waals surface area (Å²) >= 11 is 0. The molecule has 1 aliphatic carbocycles. The van der Waals surface area contributed by atoms with Gasteiger partial charge in [-0.3, -0.25) is 4.90 Å². The lowest BCUT2D eigenvalue weighted by molar-refractivity contribution is -0.0133. The first-order valence-corrected chi connectivity index (χ1v) is 5.34. The number of ether oxygens (including phenoxy) is 1. The van der Waals surface area contributed by atoms with Crippen LogP contribution in [0.2, 0.25) is 0 Å². The molecule has 1 aliphatic heterocycles. The van der Waals surface area contributed by atoms with Crippen LogP contribution in [0.25, 0.3) is 0 Å². The monoisotopic (exact) mass is 184 g/mol. The van der Waals surface area contributed by atoms with E-state index in [1.807, 2.05) is 0 Å². The Bertz CT molecular complexity index is 170. The van der Waals surface area contributed by atoms with Crippen molar-refractivity contribution in [1.29, 1.82) is 0 Å². The molecule has 2 rings (SSSR count). The number of rotatable bonds is 2. The van der Waals surface area contributed by atoms with Crippen molar-refractivity contribution < 1.29 is 4.74 Å². The minimum atomic E-state index is 0.319. The Hall–Kier alpha value is -0.120. The van der Waals surface area contributed by atoms with Crippen LogP contribution >= 0.6 is 0 Å². The molecule has 0 radical (unpaired) electrons. The van der Waals surface area contributed by atoms with Crippen LogP contribution in [0.4, 0.5) is 0 Å². The largest absolute Gasteiger partial charge is 0.380 e. The highest BCUT2D eigenvalue weighted by molar-refractivity contribution is 4.89. The summed E-state index contributed by atoms with van der Waals surface area (Å²) in [4.78, 5) is 2.44. The van der Waals surface area contributed by atoms with Crippen molar-refractivity contribution in [2.45, 2.75) is 43.8 Å². The average molecular weight is 184 g/mol. The summed E-state index contributed by atoms with van der Waals surface area (Å²) in [6.45, 7) is 1.67. The molecule has 0 amide bonds. The number of hydrogen-bond donors (Lipinski definition) is 1. The Balaban J connectivity index is 1.88. The van der Waals surface area contributed by atoms with Gasteiger partial charge in [0.1, 0.15) is 0 Å². The zero-order valence-corrected chi connectivity index (χ0v) is 8.41. The van der Waals surface area contributed by atoms with E-state index in [0.29, 0.717) is 12.1 Å². The van der Waals surface area contributed by atoms with Gasteiger partial charge in [0.15, 0.2) is 0 Å². The van der Waals surface area contributed by atoms with Gasteiger partial charge in [0.05, 0.1) is 6.61 Å². The summed E-state index contributed by atoms with van der Waals surface area (Å²) in [5.41, 5.74) is 6.07. The van der Waals surface area contributed by atoms with Crippen molar-refractivity contribution in [2.24, 2.45) is 5.73 Å². The summed E-state index contributed by atoms with van der Waals surface area (Å²) < 4.78 is 5.47. The highest BCUT2D eigenvalue weighted by Gasteiger charge is 2.32. The fourth-order valence-electron chi connectivity index (χ4n) is 2.22. The van der Waals surface area contributed by atoms with Crippen LogP contribution < -0.4 is 5.73 Å². The molecule has 76 valence electrons. The van der Waals surface area contributed by atoms with Crippen molar-refractivity contribution >= 4 is 0 Å². The summed E-state index contributed by atoms with van der Waals surface area (Å²) in [5, 5.41) is 0. The lowest BCUT2D eigenvalue weighted by Crippen LogP contribution is -2.56. The normalized spacial score (nSPS) is 36.2. The SMILES string of the molecule is CN(C1CCC1)C1COCCC1N. The van der Waals surface area contributed by atoms with Crippen LogP contribution in [-0.2, 0) is 4.74 Å². The lowest BCUT2D eigenvalue weighted by Gasteiger charge is -2.43. The Kier molecular flexibility index (Phi) is 2.86. The average Bonchev–Trinajstić information content (AvgIpc) is 2.01. The van der Waals surface area contributed by atoms with E-state index in [9.17, 15) is 0 Å². The molecule has 0 aromatic carbocycles. The smallest absolute Gasteiger partial charge is 0.0636 e. The molecule has 0 spiro atoms. The Morgan fingerprint density at radius 1 is 1.31 bits per heavy atom. The van der Waals surface area contributed by atoms with Gasteiger partial charge in [0.2, 0.25) is 0 Å². The maximum absolute atomic E-state index is 6.07. The predicted molar refractivity (Wildman–Crippen MR) is 52.6 cm³/mol.